The summed E-state index contributed by atoms with van der Waals surface area (Å²) in [6.07, 6.45) is 3.05. The Kier molecular flexibility index (Phi) is 6.09. The molecule has 0 aliphatic rings. The maximum Gasteiger partial charge on any atom is 0.339 e. The number of thioether (sulfide) groups is 1. The van der Waals surface area contributed by atoms with Crippen LogP contribution in [0.15, 0.2) is 10.3 Å². The van der Waals surface area contributed by atoms with Crippen LogP contribution in [0.25, 0.3) is 5.57 Å². The molecule has 0 atom stereocenters. The second kappa shape index (κ2) is 7.35. The molecule has 1 aromatic heterocycles. The van der Waals surface area contributed by atoms with Crippen LogP contribution in [0.1, 0.15) is 10.4 Å². The Bertz CT molecular complexity index is 545. The first-order valence-corrected chi connectivity index (χ1v) is 7.63. The van der Waals surface area contributed by atoms with Gasteiger partial charge in [0.05, 0.1) is 36.0 Å². The highest BCUT2D eigenvalue weighted by atomic mass is 32.2. The van der Waals surface area contributed by atoms with Crippen molar-refractivity contribution in [2.24, 2.45) is 0 Å². The predicted molar refractivity (Wildman–Crippen MR) is 79.4 cm³/mol. The fraction of sp³-hybridized carbons (Fsp3) is 0.385. The Morgan fingerprint density at radius 1 is 1.20 bits per heavy atom. The van der Waals surface area contributed by atoms with Gasteiger partial charge in [0, 0.05) is 11.6 Å². The molecule has 5 nitrogen and oxygen atoms in total. The molecular weight excluding hydrogens is 300 g/mol. The molecule has 0 N–H and O–H groups in total. The number of carbonyl (C=O) groups is 2. The molecule has 0 saturated heterocycles. The molecule has 1 rings (SSSR count). The monoisotopic (exact) mass is 316 g/mol. The summed E-state index contributed by atoms with van der Waals surface area (Å²) in [4.78, 5) is 23.9. The van der Waals surface area contributed by atoms with Crippen LogP contribution >= 0.6 is 23.1 Å². The summed E-state index contributed by atoms with van der Waals surface area (Å²) in [6.45, 7) is 1.90. The molecule has 0 aliphatic carbocycles. The third-order valence-electron chi connectivity index (χ3n) is 2.55. The Labute approximate surface area is 125 Å². The van der Waals surface area contributed by atoms with Crippen LogP contribution in [0.2, 0.25) is 0 Å². The topological polar surface area (TPSA) is 61.8 Å². The molecule has 0 fully saturated rings. The van der Waals surface area contributed by atoms with Crippen molar-refractivity contribution in [3.05, 3.63) is 16.5 Å². The van der Waals surface area contributed by atoms with Crippen LogP contribution in [0.5, 0.6) is 5.75 Å². The number of ether oxygens (including phenoxy) is 3. The van der Waals surface area contributed by atoms with Gasteiger partial charge in [-0.1, -0.05) is 0 Å². The molecule has 0 spiro atoms. The minimum absolute atomic E-state index is 0.129. The molecule has 110 valence electrons. The van der Waals surface area contributed by atoms with Gasteiger partial charge in [-0.05, 0) is 13.2 Å². The standard InChI is InChI=1S/C13H16O5S2/c1-7-10(17-3)11(20-13(7)19-5)8(12(15)18-4)6-9(14)16-2/h6H,1-5H3/b8-6-. The quantitative estimate of drug-likeness (QED) is 0.472. The molecule has 20 heavy (non-hydrogen) atoms. The van der Waals surface area contributed by atoms with Gasteiger partial charge in [-0.15, -0.1) is 23.1 Å². The highest BCUT2D eigenvalue weighted by Crippen LogP contribution is 2.43. The van der Waals surface area contributed by atoms with Gasteiger partial charge in [0.15, 0.2) is 0 Å². The zero-order valence-electron chi connectivity index (χ0n) is 11.9. The summed E-state index contributed by atoms with van der Waals surface area (Å²) >= 11 is 2.93. The molecule has 1 aromatic rings. The van der Waals surface area contributed by atoms with Gasteiger partial charge < -0.3 is 14.2 Å². The van der Waals surface area contributed by atoms with Crippen LogP contribution in [-0.4, -0.2) is 39.5 Å². The van der Waals surface area contributed by atoms with E-state index in [0.717, 1.165) is 15.8 Å². The molecular formula is C13H16O5S2. The van der Waals surface area contributed by atoms with Crippen molar-refractivity contribution >= 4 is 40.6 Å². The largest absolute Gasteiger partial charge is 0.495 e. The minimum Gasteiger partial charge on any atom is -0.495 e. The lowest BCUT2D eigenvalue weighted by molar-refractivity contribution is -0.136. The number of thiophene rings is 1. The smallest absolute Gasteiger partial charge is 0.339 e. The second-order valence-electron chi connectivity index (χ2n) is 3.65. The van der Waals surface area contributed by atoms with Gasteiger partial charge in [0.25, 0.3) is 0 Å². The molecule has 7 heteroatoms. The lowest BCUT2D eigenvalue weighted by atomic mass is 10.1. The molecule has 0 bridgehead atoms. The average molecular weight is 316 g/mol. The number of hydrogen-bond donors (Lipinski definition) is 0. The van der Waals surface area contributed by atoms with E-state index in [4.69, 9.17) is 9.47 Å². The maximum absolute atomic E-state index is 11.9. The van der Waals surface area contributed by atoms with Gasteiger partial charge in [-0.25, -0.2) is 9.59 Å². The van der Waals surface area contributed by atoms with Gasteiger partial charge in [0.1, 0.15) is 5.75 Å². The fourth-order valence-corrected chi connectivity index (χ4v) is 3.60. The van der Waals surface area contributed by atoms with Crippen molar-refractivity contribution in [2.75, 3.05) is 27.6 Å². The summed E-state index contributed by atoms with van der Waals surface area (Å²) in [7, 11) is 4.03. The first-order valence-electron chi connectivity index (χ1n) is 5.59. The highest BCUT2D eigenvalue weighted by Gasteiger charge is 2.24. The summed E-state index contributed by atoms with van der Waals surface area (Å²) in [5.74, 6) is -0.660. The van der Waals surface area contributed by atoms with Gasteiger partial charge in [-0.2, -0.15) is 0 Å². The van der Waals surface area contributed by atoms with Gasteiger partial charge >= 0.3 is 11.9 Å². The second-order valence-corrected chi connectivity index (χ2v) is 5.75. The van der Waals surface area contributed by atoms with Crippen molar-refractivity contribution in [1.29, 1.82) is 0 Å². The first-order chi connectivity index (χ1) is 9.49. The van der Waals surface area contributed by atoms with Crippen molar-refractivity contribution in [1.82, 2.24) is 0 Å². The normalized spacial score (nSPS) is 11.2. The van der Waals surface area contributed by atoms with E-state index in [0.29, 0.717) is 10.6 Å². The molecule has 0 amide bonds. The number of esters is 2. The maximum atomic E-state index is 11.9. The molecule has 0 aromatic carbocycles. The van der Waals surface area contributed by atoms with E-state index in [2.05, 4.69) is 4.74 Å². The van der Waals surface area contributed by atoms with Gasteiger partial charge in [0.2, 0.25) is 0 Å². The zero-order chi connectivity index (χ0) is 15.3. The van der Waals surface area contributed by atoms with Crippen molar-refractivity contribution < 1.29 is 23.8 Å². The molecule has 0 radical (unpaired) electrons. The molecule has 1 heterocycles. The molecule has 0 unspecified atom stereocenters. The Balaban J connectivity index is 3.45. The lowest BCUT2D eigenvalue weighted by Crippen LogP contribution is -2.07. The van der Waals surface area contributed by atoms with E-state index in [-0.39, 0.29) is 5.57 Å². The van der Waals surface area contributed by atoms with E-state index >= 15 is 0 Å². The molecule has 0 saturated carbocycles. The third kappa shape index (κ3) is 3.34. The van der Waals surface area contributed by atoms with E-state index in [1.807, 2.05) is 13.2 Å². The fourth-order valence-electron chi connectivity index (χ4n) is 1.60. The van der Waals surface area contributed by atoms with Crippen LogP contribution in [0.3, 0.4) is 0 Å². The summed E-state index contributed by atoms with van der Waals surface area (Å²) in [6, 6.07) is 0. The number of rotatable bonds is 5. The summed E-state index contributed by atoms with van der Waals surface area (Å²) in [5, 5.41) is 0. The number of hydrogen-bond acceptors (Lipinski definition) is 7. The van der Waals surface area contributed by atoms with Crippen LogP contribution in [-0.2, 0) is 19.1 Å². The van der Waals surface area contributed by atoms with E-state index in [1.54, 1.807) is 11.8 Å². The van der Waals surface area contributed by atoms with E-state index < -0.39 is 11.9 Å². The Morgan fingerprint density at radius 3 is 2.30 bits per heavy atom. The Hall–Kier alpha value is -1.47. The number of carbonyl (C=O) groups excluding carboxylic acids is 2. The van der Waals surface area contributed by atoms with E-state index in [9.17, 15) is 9.59 Å². The van der Waals surface area contributed by atoms with Crippen LogP contribution in [0, 0.1) is 6.92 Å². The van der Waals surface area contributed by atoms with Crippen LogP contribution in [0.4, 0.5) is 0 Å². The lowest BCUT2D eigenvalue weighted by Gasteiger charge is -2.06. The van der Waals surface area contributed by atoms with Crippen molar-refractivity contribution in [3.8, 4) is 5.75 Å². The minimum atomic E-state index is -0.621. The van der Waals surface area contributed by atoms with Crippen molar-refractivity contribution in [3.63, 3.8) is 0 Å². The predicted octanol–water partition coefficient (Wildman–Crippen LogP) is 2.52. The van der Waals surface area contributed by atoms with Gasteiger partial charge in [-0.3, -0.25) is 0 Å². The average Bonchev–Trinajstić information content (AvgIpc) is 2.79. The summed E-state index contributed by atoms with van der Waals surface area (Å²) < 4.78 is 15.6. The number of methoxy groups -OCH3 is 3. The van der Waals surface area contributed by atoms with E-state index in [1.165, 1.54) is 32.7 Å². The third-order valence-corrected chi connectivity index (χ3v) is 5.08. The first kappa shape index (κ1) is 16.6. The zero-order valence-corrected chi connectivity index (χ0v) is 13.6. The molecule has 0 aliphatic heterocycles. The van der Waals surface area contributed by atoms with Crippen LogP contribution < -0.4 is 4.74 Å². The SMILES string of the molecule is COC(=O)/C=C(\C(=O)OC)c1sc(SC)c(C)c1OC. The summed E-state index contributed by atoms with van der Waals surface area (Å²) in [5.41, 5.74) is 1.06. The van der Waals surface area contributed by atoms with Crippen molar-refractivity contribution in [2.45, 2.75) is 11.1 Å². The Morgan fingerprint density at radius 2 is 1.85 bits per heavy atom. The highest BCUT2D eigenvalue weighted by molar-refractivity contribution is 8.00.